The SMILES string of the molecule is C=C=C/C=C/CC(=O)C(O)CO[Si](c1ccccc1)(c1ccccc1)C(C)(C)C. The lowest BCUT2D eigenvalue weighted by molar-refractivity contribution is -0.127. The first-order valence-electron chi connectivity index (χ1n) is 9.79. The molecular formula is C25H30O3Si. The van der Waals surface area contributed by atoms with Crippen molar-refractivity contribution in [3.05, 3.63) is 91.2 Å². The minimum atomic E-state index is -2.76. The fraction of sp³-hybridized carbons (Fsp3) is 0.280. The third-order valence-corrected chi connectivity index (χ3v) is 9.92. The van der Waals surface area contributed by atoms with Crippen LogP contribution in [0.1, 0.15) is 27.2 Å². The molecule has 0 aromatic heterocycles. The summed E-state index contributed by atoms with van der Waals surface area (Å²) in [5.41, 5.74) is 2.61. The van der Waals surface area contributed by atoms with Crippen molar-refractivity contribution in [2.24, 2.45) is 0 Å². The van der Waals surface area contributed by atoms with Crippen molar-refractivity contribution in [2.75, 3.05) is 6.61 Å². The van der Waals surface area contributed by atoms with Gasteiger partial charge in [-0.1, -0.05) is 100 Å². The number of aliphatic hydroxyl groups is 1. The molecule has 2 rings (SSSR count). The summed E-state index contributed by atoms with van der Waals surface area (Å²) in [6.07, 6.45) is 3.98. The molecule has 0 saturated carbocycles. The van der Waals surface area contributed by atoms with Gasteiger partial charge in [-0.15, -0.1) is 5.73 Å². The molecule has 2 aromatic carbocycles. The fourth-order valence-electron chi connectivity index (χ4n) is 3.51. The molecule has 0 saturated heterocycles. The highest BCUT2D eigenvalue weighted by atomic mass is 28.4. The summed E-state index contributed by atoms with van der Waals surface area (Å²) in [5.74, 6) is -0.267. The van der Waals surface area contributed by atoms with Gasteiger partial charge in [0.2, 0.25) is 0 Å². The van der Waals surface area contributed by atoms with E-state index in [0.717, 1.165) is 10.4 Å². The molecule has 4 heteroatoms. The standard InChI is InChI=1S/C25H30O3Si/c1-5-6-7-14-19-23(26)24(27)20-28-29(25(2,3)4,21-15-10-8-11-16-21)22-17-12-9-13-18-22/h6-18,24,27H,1,19-20H2,2-4H3/b14-7+. The maximum Gasteiger partial charge on any atom is 0.261 e. The molecule has 152 valence electrons. The van der Waals surface area contributed by atoms with Crippen LogP contribution in [0.2, 0.25) is 5.04 Å². The zero-order valence-corrected chi connectivity index (χ0v) is 18.5. The van der Waals surface area contributed by atoms with E-state index < -0.39 is 14.4 Å². The molecule has 3 nitrogen and oxygen atoms in total. The lowest BCUT2D eigenvalue weighted by atomic mass is 10.2. The summed E-state index contributed by atoms with van der Waals surface area (Å²) in [6, 6.07) is 20.3. The van der Waals surface area contributed by atoms with E-state index in [4.69, 9.17) is 4.43 Å². The first-order valence-corrected chi connectivity index (χ1v) is 11.7. The van der Waals surface area contributed by atoms with Gasteiger partial charge in [0.05, 0.1) is 6.61 Å². The molecule has 0 aliphatic rings. The van der Waals surface area contributed by atoms with E-state index in [9.17, 15) is 9.90 Å². The molecule has 0 aliphatic heterocycles. The zero-order chi connectivity index (χ0) is 21.3. The molecule has 0 heterocycles. The van der Waals surface area contributed by atoms with Crippen LogP contribution in [-0.2, 0) is 9.22 Å². The van der Waals surface area contributed by atoms with Gasteiger partial charge in [0, 0.05) is 6.42 Å². The first-order chi connectivity index (χ1) is 13.8. The summed E-state index contributed by atoms with van der Waals surface area (Å²) in [7, 11) is -2.76. The number of carbonyl (C=O) groups is 1. The van der Waals surface area contributed by atoms with Crippen molar-refractivity contribution in [1.82, 2.24) is 0 Å². The van der Waals surface area contributed by atoms with Crippen LogP contribution >= 0.6 is 0 Å². The first kappa shape index (κ1) is 22.8. The van der Waals surface area contributed by atoms with Crippen LogP contribution in [0, 0.1) is 0 Å². The maximum atomic E-state index is 12.3. The molecule has 0 fully saturated rings. The van der Waals surface area contributed by atoms with Crippen LogP contribution in [0.5, 0.6) is 0 Å². The van der Waals surface area contributed by atoms with Gasteiger partial charge < -0.3 is 9.53 Å². The Morgan fingerprint density at radius 3 is 2.07 bits per heavy atom. The summed E-state index contributed by atoms with van der Waals surface area (Å²) in [4.78, 5) is 12.3. The highest BCUT2D eigenvalue weighted by Gasteiger charge is 2.50. The van der Waals surface area contributed by atoms with E-state index in [1.165, 1.54) is 0 Å². The Bertz CT molecular complexity index is 820. The third-order valence-electron chi connectivity index (χ3n) is 4.92. The number of aliphatic hydroxyl groups excluding tert-OH is 1. The Morgan fingerprint density at radius 2 is 1.62 bits per heavy atom. The number of rotatable bonds is 9. The molecule has 0 aliphatic carbocycles. The van der Waals surface area contributed by atoms with Crippen LogP contribution in [0.25, 0.3) is 0 Å². The molecular weight excluding hydrogens is 376 g/mol. The molecule has 0 spiro atoms. The minimum Gasteiger partial charge on any atom is -0.404 e. The van der Waals surface area contributed by atoms with E-state index in [-0.39, 0.29) is 23.8 Å². The largest absolute Gasteiger partial charge is 0.404 e. The monoisotopic (exact) mass is 406 g/mol. The molecule has 1 N–H and O–H groups in total. The van der Waals surface area contributed by atoms with Crippen molar-refractivity contribution in [3.63, 3.8) is 0 Å². The molecule has 0 bridgehead atoms. The van der Waals surface area contributed by atoms with E-state index in [0.29, 0.717) is 0 Å². The van der Waals surface area contributed by atoms with E-state index in [1.807, 2.05) is 36.4 Å². The maximum absolute atomic E-state index is 12.3. The van der Waals surface area contributed by atoms with Gasteiger partial charge in [-0.05, 0) is 21.5 Å². The summed E-state index contributed by atoms with van der Waals surface area (Å²) >= 11 is 0. The molecule has 2 aromatic rings. The molecule has 29 heavy (non-hydrogen) atoms. The number of Topliss-reactive ketones (excluding diaryl/α,β-unsaturated/α-hetero) is 1. The van der Waals surface area contributed by atoms with Gasteiger partial charge in [-0.25, -0.2) is 0 Å². The quantitative estimate of drug-likeness (QED) is 0.392. The summed E-state index contributed by atoms with van der Waals surface area (Å²) < 4.78 is 6.59. The Hall–Kier alpha value is -2.49. The number of ketones is 1. The number of hydrogen-bond donors (Lipinski definition) is 1. The number of benzene rings is 2. The Balaban J connectivity index is 2.36. The van der Waals surface area contributed by atoms with Gasteiger partial charge in [-0.3, -0.25) is 4.79 Å². The predicted octanol–water partition coefficient (Wildman–Crippen LogP) is 3.78. The van der Waals surface area contributed by atoms with Gasteiger partial charge in [0.1, 0.15) is 6.10 Å². The average molecular weight is 407 g/mol. The number of hydrogen-bond acceptors (Lipinski definition) is 3. The topological polar surface area (TPSA) is 46.5 Å². The second kappa shape index (κ2) is 10.3. The van der Waals surface area contributed by atoms with Crippen molar-refractivity contribution < 1.29 is 14.3 Å². The minimum absolute atomic E-state index is 0.0305. The highest BCUT2D eigenvalue weighted by Crippen LogP contribution is 2.36. The normalized spacial score (nSPS) is 13.1. The molecule has 0 radical (unpaired) electrons. The van der Waals surface area contributed by atoms with Crippen LogP contribution in [0.15, 0.2) is 91.2 Å². The Morgan fingerprint density at radius 1 is 1.10 bits per heavy atom. The van der Waals surface area contributed by atoms with Gasteiger partial charge in [-0.2, -0.15) is 0 Å². The second-order valence-electron chi connectivity index (χ2n) is 7.96. The lowest BCUT2D eigenvalue weighted by Crippen LogP contribution is -2.67. The number of allylic oxidation sites excluding steroid dienone is 3. The smallest absolute Gasteiger partial charge is 0.261 e. The zero-order valence-electron chi connectivity index (χ0n) is 17.5. The van der Waals surface area contributed by atoms with Crippen molar-refractivity contribution in [3.8, 4) is 0 Å². The van der Waals surface area contributed by atoms with Gasteiger partial charge >= 0.3 is 0 Å². The number of carbonyl (C=O) groups excluding carboxylic acids is 1. The van der Waals surface area contributed by atoms with Crippen LogP contribution < -0.4 is 10.4 Å². The summed E-state index contributed by atoms with van der Waals surface area (Å²) in [6.45, 7) is 9.93. The summed E-state index contributed by atoms with van der Waals surface area (Å²) in [5, 5.41) is 12.5. The van der Waals surface area contributed by atoms with E-state index >= 15 is 0 Å². The lowest BCUT2D eigenvalue weighted by Gasteiger charge is -2.43. The van der Waals surface area contributed by atoms with Crippen LogP contribution in [-0.4, -0.2) is 31.9 Å². The van der Waals surface area contributed by atoms with Crippen molar-refractivity contribution in [1.29, 1.82) is 0 Å². The molecule has 1 unspecified atom stereocenters. The van der Waals surface area contributed by atoms with Gasteiger partial charge in [0.15, 0.2) is 5.78 Å². The van der Waals surface area contributed by atoms with Crippen molar-refractivity contribution >= 4 is 24.5 Å². The molecule has 1 atom stereocenters. The second-order valence-corrected chi connectivity index (χ2v) is 12.3. The molecule has 0 amide bonds. The van der Waals surface area contributed by atoms with E-state index in [2.05, 4.69) is 57.3 Å². The highest BCUT2D eigenvalue weighted by molar-refractivity contribution is 6.99. The van der Waals surface area contributed by atoms with Gasteiger partial charge in [0.25, 0.3) is 8.32 Å². The predicted molar refractivity (Wildman–Crippen MR) is 122 cm³/mol. The van der Waals surface area contributed by atoms with Crippen molar-refractivity contribution in [2.45, 2.75) is 38.3 Å². The Labute approximate surface area is 175 Å². The van der Waals surface area contributed by atoms with Crippen LogP contribution in [0.4, 0.5) is 0 Å². The van der Waals surface area contributed by atoms with Crippen LogP contribution in [0.3, 0.4) is 0 Å². The third kappa shape index (κ3) is 5.53. The Kier molecular flexibility index (Phi) is 8.12. The average Bonchev–Trinajstić information content (AvgIpc) is 2.72. The van der Waals surface area contributed by atoms with E-state index in [1.54, 1.807) is 18.2 Å². The fourth-order valence-corrected chi connectivity index (χ4v) is 8.08.